The Kier molecular flexibility index (Phi) is 3.13. The highest BCUT2D eigenvalue weighted by Gasteiger charge is 2.28. The minimum atomic E-state index is -0.706. The Morgan fingerprint density at radius 1 is 1.43 bits per heavy atom. The van der Waals surface area contributed by atoms with E-state index in [0.717, 1.165) is 0 Å². The third-order valence-corrected chi connectivity index (χ3v) is 3.30. The van der Waals surface area contributed by atoms with Gasteiger partial charge >= 0.3 is 0 Å². The molecule has 1 aliphatic heterocycles. The molecule has 2 aromatic rings. The van der Waals surface area contributed by atoms with Gasteiger partial charge in [-0.15, -0.1) is 0 Å². The fraction of sp³-hybridized carbons (Fsp3) is 0.308. The van der Waals surface area contributed by atoms with Crippen LogP contribution in [0.4, 0.5) is 0 Å². The van der Waals surface area contributed by atoms with Crippen LogP contribution in [0.5, 0.6) is 0 Å². The van der Waals surface area contributed by atoms with Crippen LogP contribution in [0.25, 0.3) is 11.2 Å². The van der Waals surface area contributed by atoms with E-state index in [1.807, 2.05) is 0 Å². The summed E-state index contributed by atoms with van der Waals surface area (Å²) in [5.41, 5.74) is 1.34. The smallest absolute Gasteiger partial charge is 0.254 e. The van der Waals surface area contributed by atoms with Crippen molar-refractivity contribution in [3.05, 3.63) is 23.7 Å². The van der Waals surface area contributed by atoms with Gasteiger partial charge in [0.1, 0.15) is 11.9 Å². The number of nitrogens with one attached hydrogen (secondary N) is 3. The number of rotatable bonds is 2. The lowest BCUT2D eigenvalue weighted by Gasteiger charge is -2.21. The predicted molar refractivity (Wildman–Crippen MR) is 72.3 cm³/mol. The highest BCUT2D eigenvalue weighted by atomic mass is 16.2. The molecule has 1 unspecified atom stereocenters. The van der Waals surface area contributed by atoms with Crippen molar-refractivity contribution in [2.75, 3.05) is 0 Å². The number of aromatic nitrogens is 3. The molecule has 2 aromatic heterocycles. The summed E-state index contributed by atoms with van der Waals surface area (Å²) in [5.74, 6) is -0.550. The standard InChI is InChI=1S/C13H13N5O3/c1-6-15-10-7(4-5-14-11(10)16-6)12(20)17-8-2-3-9(19)18-13(8)21/h4-5,8H,2-3H2,1H3,(H,17,20)(H,14,15,16)(H,18,19,21). The van der Waals surface area contributed by atoms with Crippen LogP contribution < -0.4 is 10.6 Å². The van der Waals surface area contributed by atoms with Gasteiger partial charge in [-0.25, -0.2) is 9.97 Å². The van der Waals surface area contributed by atoms with E-state index in [1.165, 1.54) is 6.20 Å². The second kappa shape index (κ2) is 4.97. The second-order valence-corrected chi connectivity index (χ2v) is 4.86. The molecular weight excluding hydrogens is 274 g/mol. The maximum absolute atomic E-state index is 12.3. The molecule has 21 heavy (non-hydrogen) atoms. The first-order valence-corrected chi connectivity index (χ1v) is 6.50. The lowest BCUT2D eigenvalue weighted by molar-refractivity contribution is -0.134. The second-order valence-electron chi connectivity index (χ2n) is 4.86. The van der Waals surface area contributed by atoms with Crippen LogP contribution in [0, 0.1) is 6.92 Å². The van der Waals surface area contributed by atoms with Crippen molar-refractivity contribution in [1.82, 2.24) is 25.6 Å². The van der Waals surface area contributed by atoms with Crippen LogP contribution in [0.3, 0.4) is 0 Å². The molecule has 0 spiro atoms. The average molecular weight is 287 g/mol. The summed E-state index contributed by atoms with van der Waals surface area (Å²) >= 11 is 0. The normalized spacial score (nSPS) is 18.6. The maximum Gasteiger partial charge on any atom is 0.254 e. The van der Waals surface area contributed by atoms with Crippen LogP contribution in [0.2, 0.25) is 0 Å². The molecule has 1 fully saturated rings. The van der Waals surface area contributed by atoms with Gasteiger partial charge in [0.05, 0.1) is 11.1 Å². The summed E-state index contributed by atoms with van der Waals surface area (Å²) in [5, 5.41) is 4.83. The quantitative estimate of drug-likeness (QED) is 0.661. The van der Waals surface area contributed by atoms with Crippen molar-refractivity contribution in [2.45, 2.75) is 25.8 Å². The number of piperidine rings is 1. The molecule has 0 radical (unpaired) electrons. The molecule has 8 nitrogen and oxygen atoms in total. The van der Waals surface area contributed by atoms with Crippen molar-refractivity contribution in [3.8, 4) is 0 Å². The molecule has 0 aliphatic carbocycles. The molecule has 0 saturated carbocycles. The van der Waals surface area contributed by atoms with E-state index in [4.69, 9.17) is 0 Å². The molecule has 0 aromatic carbocycles. The SMILES string of the molecule is Cc1nc2nccc(C(=O)NC3CCC(=O)NC3=O)c2[nH]1. The zero-order valence-corrected chi connectivity index (χ0v) is 11.3. The molecule has 3 amide bonds. The number of hydrogen-bond donors (Lipinski definition) is 3. The van der Waals surface area contributed by atoms with Crippen molar-refractivity contribution in [2.24, 2.45) is 0 Å². The topological polar surface area (TPSA) is 117 Å². The number of imide groups is 1. The van der Waals surface area contributed by atoms with E-state index in [2.05, 4.69) is 25.6 Å². The maximum atomic E-state index is 12.3. The number of nitrogens with zero attached hydrogens (tertiary/aromatic N) is 2. The van der Waals surface area contributed by atoms with Crippen LogP contribution in [0.1, 0.15) is 29.0 Å². The lowest BCUT2D eigenvalue weighted by Crippen LogP contribution is -2.52. The number of fused-ring (bicyclic) bond motifs is 1. The van der Waals surface area contributed by atoms with Gasteiger partial charge in [-0.05, 0) is 19.4 Å². The number of H-pyrrole nitrogens is 1. The Hall–Kier alpha value is -2.77. The molecule has 1 aliphatic rings. The predicted octanol–water partition coefficient (Wildman–Crippen LogP) is -0.199. The van der Waals surface area contributed by atoms with Gasteiger partial charge in [-0.2, -0.15) is 0 Å². The minimum absolute atomic E-state index is 0.214. The Labute approximate surface area is 119 Å². The van der Waals surface area contributed by atoms with E-state index in [-0.39, 0.29) is 12.3 Å². The Balaban J connectivity index is 1.84. The van der Waals surface area contributed by atoms with Crippen molar-refractivity contribution >= 4 is 28.9 Å². The van der Waals surface area contributed by atoms with Gasteiger partial charge in [0, 0.05) is 12.6 Å². The first-order chi connectivity index (χ1) is 10.0. The summed E-state index contributed by atoms with van der Waals surface area (Å²) in [7, 11) is 0. The summed E-state index contributed by atoms with van der Waals surface area (Å²) in [6, 6.07) is 0.851. The third-order valence-electron chi connectivity index (χ3n) is 3.30. The van der Waals surface area contributed by atoms with Crippen molar-refractivity contribution in [3.63, 3.8) is 0 Å². The molecule has 3 rings (SSSR count). The number of hydrogen-bond acceptors (Lipinski definition) is 5. The molecule has 0 bridgehead atoms. The number of pyridine rings is 1. The summed E-state index contributed by atoms with van der Waals surface area (Å²) in [6.07, 6.45) is 2.00. The Morgan fingerprint density at radius 2 is 2.24 bits per heavy atom. The van der Waals surface area contributed by atoms with E-state index < -0.39 is 17.9 Å². The molecule has 3 N–H and O–H groups in total. The van der Waals surface area contributed by atoms with Crippen LogP contribution >= 0.6 is 0 Å². The minimum Gasteiger partial charge on any atom is -0.340 e. The monoisotopic (exact) mass is 287 g/mol. The van der Waals surface area contributed by atoms with Gasteiger partial charge in [0.25, 0.3) is 5.91 Å². The van der Waals surface area contributed by atoms with Crippen molar-refractivity contribution in [1.29, 1.82) is 0 Å². The van der Waals surface area contributed by atoms with E-state index in [9.17, 15) is 14.4 Å². The van der Waals surface area contributed by atoms with E-state index in [1.54, 1.807) is 13.0 Å². The van der Waals surface area contributed by atoms with Gasteiger partial charge in [0.15, 0.2) is 5.65 Å². The van der Waals surface area contributed by atoms with Gasteiger partial charge in [-0.1, -0.05) is 0 Å². The number of amides is 3. The summed E-state index contributed by atoms with van der Waals surface area (Å²) < 4.78 is 0. The number of aryl methyl sites for hydroxylation is 1. The Bertz CT molecular complexity index is 751. The molecule has 3 heterocycles. The number of carbonyl (C=O) groups is 3. The lowest BCUT2D eigenvalue weighted by atomic mass is 10.1. The number of carbonyl (C=O) groups excluding carboxylic acids is 3. The molecule has 108 valence electrons. The molecule has 1 atom stereocenters. The van der Waals surface area contributed by atoms with E-state index in [0.29, 0.717) is 29.0 Å². The largest absolute Gasteiger partial charge is 0.340 e. The summed E-state index contributed by atoms with van der Waals surface area (Å²) in [4.78, 5) is 46.3. The highest BCUT2D eigenvalue weighted by Crippen LogP contribution is 2.15. The molecule has 8 heteroatoms. The van der Waals surface area contributed by atoms with Gasteiger partial charge in [-0.3, -0.25) is 19.7 Å². The summed E-state index contributed by atoms with van der Waals surface area (Å²) in [6.45, 7) is 1.77. The number of aromatic amines is 1. The first-order valence-electron chi connectivity index (χ1n) is 6.50. The van der Waals surface area contributed by atoms with Crippen molar-refractivity contribution < 1.29 is 14.4 Å². The number of imidazole rings is 1. The molecular formula is C13H13N5O3. The Morgan fingerprint density at radius 3 is 3.00 bits per heavy atom. The first kappa shape index (κ1) is 13.2. The average Bonchev–Trinajstić information content (AvgIpc) is 2.81. The highest BCUT2D eigenvalue weighted by molar-refractivity contribution is 6.07. The van der Waals surface area contributed by atoms with E-state index >= 15 is 0 Å². The van der Waals surface area contributed by atoms with Gasteiger partial charge < -0.3 is 10.3 Å². The third kappa shape index (κ3) is 2.47. The van der Waals surface area contributed by atoms with Crippen LogP contribution in [0.15, 0.2) is 12.3 Å². The van der Waals surface area contributed by atoms with Gasteiger partial charge in [0.2, 0.25) is 11.8 Å². The molecule has 1 saturated heterocycles. The van der Waals surface area contributed by atoms with Crippen LogP contribution in [-0.4, -0.2) is 38.7 Å². The zero-order chi connectivity index (χ0) is 15.0. The van der Waals surface area contributed by atoms with Crippen LogP contribution in [-0.2, 0) is 9.59 Å². The fourth-order valence-corrected chi connectivity index (χ4v) is 2.28. The fourth-order valence-electron chi connectivity index (χ4n) is 2.28. The zero-order valence-electron chi connectivity index (χ0n) is 11.3.